The first kappa shape index (κ1) is 18.7. The van der Waals surface area contributed by atoms with Crippen LogP contribution in [0.2, 0.25) is 0 Å². The third kappa shape index (κ3) is 4.28. The molecule has 1 saturated carbocycles. The van der Waals surface area contributed by atoms with E-state index in [1.54, 1.807) is 0 Å². The molecule has 0 radical (unpaired) electrons. The summed E-state index contributed by atoms with van der Waals surface area (Å²) in [5.74, 6) is 1.77. The monoisotopic (exact) mass is 392 g/mol. The van der Waals surface area contributed by atoms with E-state index < -0.39 is 0 Å². The Morgan fingerprint density at radius 1 is 1.11 bits per heavy atom. The van der Waals surface area contributed by atoms with Crippen LogP contribution in [0.15, 0.2) is 65.8 Å². The van der Waals surface area contributed by atoms with E-state index in [1.165, 1.54) is 30.2 Å². The Hall–Kier alpha value is -2.60. The predicted molar refractivity (Wildman–Crippen MR) is 112 cm³/mol. The second-order valence-electron chi connectivity index (χ2n) is 7.00. The molecule has 1 amide bonds. The summed E-state index contributed by atoms with van der Waals surface area (Å²) in [5.41, 5.74) is 2.22. The molecule has 1 heterocycles. The van der Waals surface area contributed by atoms with E-state index in [4.69, 9.17) is 0 Å². The predicted octanol–water partition coefficient (Wildman–Crippen LogP) is 4.32. The minimum atomic E-state index is 0.0395. The number of nitrogens with one attached hydrogen (secondary N) is 1. The molecule has 1 N–H and O–H groups in total. The Morgan fingerprint density at radius 2 is 1.79 bits per heavy atom. The van der Waals surface area contributed by atoms with E-state index >= 15 is 0 Å². The lowest BCUT2D eigenvalue weighted by Crippen LogP contribution is -2.31. The van der Waals surface area contributed by atoms with Gasteiger partial charge in [0.05, 0.1) is 11.8 Å². The van der Waals surface area contributed by atoms with Crippen molar-refractivity contribution in [1.82, 2.24) is 20.1 Å². The number of benzene rings is 2. The summed E-state index contributed by atoms with van der Waals surface area (Å²) in [6.07, 6.45) is 2.36. The van der Waals surface area contributed by atoms with Crippen molar-refractivity contribution in [2.24, 2.45) is 5.92 Å². The van der Waals surface area contributed by atoms with Crippen molar-refractivity contribution in [1.29, 1.82) is 0 Å². The number of hydrogen-bond donors (Lipinski definition) is 1. The summed E-state index contributed by atoms with van der Waals surface area (Å²) < 4.78 is 2.06. The molecule has 0 saturated heterocycles. The van der Waals surface area contributed by atoms with Crippen molar-refractivity contribution in [2.45, 2.75) is 37.5 Å². The summed E-state index contributed by atoms with van der Waals surface area (Å²) in [4.78, 5) is 12.6. The van der Waals surface area contributed by atoms with Crippen molar-refractivity contribution in [3.05, 3.63) is 66.2 Å². The van der Waals surface area contributed by atoms with Crippen LogP contribution in [-0.2, 0) is 11.3 Å². The largest absolute Gasteiger partial charge is 0.348 e. The lowest BCUT2D eigenvalue weighted by molar-refractivity contribution is -0.119. The van der Waals surface area contributed by atoms with Gasteiger partial charge in [-0.25, -0.2) is 0 Å². The minimum absolute atomic E-state index is 0.0395. The fourth-order valence-corrected chi connectivity index (χ4v) is 4.20. The highest BCUT2D eigenvalue weighted by Crippen LogP contribution is 2.41. The normalized spacial score (nSPS) is 14.6. The SMILES string of the molecule is CCn1c(SCC(=O)NC(c2ccccc2)C2CC2)nnc1-c1ccccc1. The summed E-state index contributed by atoms with van der Waals surface area (Å²) in [6.45, 7) is 2.83. The number of nitrogens with zero attached hydrogens (tertiary/aromatic N) is 3. The number of carbonyl (C=O) groups is 1. The standard InChI is InChI=1S/C22H24N4OS/c1-2-26-21(18-11-7-4-8-12-18)24-25-22(26)28-15-19(27)23-20(17-13-14-17)16-9-5-3-6-10-16/h3-12,17,20H,2,13-15H2,1H3,(H,23,27). The summed E-state index contributed by atoms with van der Waals surface area (Å²) in [6, 6.07) is 20.4. The molecule has 5 nitrogen and oxygen atoms in total. The maximum Gasteiger partial charge on any atom is 0.230 e. The molecule has 1 fully saturated rings. The van der Waals surface area contributed by atoms with Gasteiger partial charge in [-0.1, -0.05) is 72.4 Å². The van der Waals surface area contributed by atoms with Gasteiger partial charge in [0.15, 0.2) is 11.0 Å². The molecule has 1 aliphatic carbocycles. The van der Waals surface area contributed by atoms with Crippen LogP contribution in [0.1, 0.15) is 31.4 Å². The second kappa shape index (κ2) is 8.61. The van der Waals surface area contributed by atoms with Gasteiger partial charge in [-0.3, -0.25) is 4.79 Å². The Bertz CT molecular complexity index is 922. The van der Waals surface area contributed by atoms with E-state index in [9.17, 15) is 4.79 Å². The first-order chi connectivity index (χ1) is 13.8. The van der Waals surface area contributed by atoms with Crippen LogP contribution < -0.4 is 5.32 Å². The topological polar surface area (TPSA) is 59.8 Å². The molecule has 6 heteroatoms. The van der Waals surface area contributed by atoms with Gasteiger partial charge in [-0.15, -0.1) is 10.2 Å². The zero-order valence-electron chi connectivity index (χ0n) is 15.9. The summed E-state index contributed by atoms with van der Waals surface area (Å²) in [7, 11) is 0. The molecule has 1 aliphatic rings. The summed E-state index contributed by atoms with van der Waals surface area (Å²) >= 11 is 1.44. The maximum absolute atomic E-state index is 12.6. The quantitative estimate of drug-likeness (QED) is 0.580. The van der Waals surface area contributed by atoms with Crippen LogP contribution in [0.4, 0.5) is 0 Å². The van der Waals surface area contributed by atoms with Gasteiger partial charge in [0.1, 0.15) is 0 Å². The number of rotatable bonds is 8. The van der Waals surface area contributed by atoms with E-state index in [-0.39, 0.29) is 11.9 Å². The first-order valence-electron chi connectivity index (χ1n) is 9.72. The molecule has 1 atom stereocenters. The maximum atomic E-state index is 12.6. The molecular weight excluding hydrogens is 368 g/mol. The Morgan fingerprint density at radius 3 is 2.43 bits per heavy atom. The van der Waals surface area contributed by atoms with Crippen LogP contribution in [0.5, 0.6) is 0 Å². The van der Waals surface area contributed by atoms with Crippen molar-refractivity contribution in [3.8, 4) is 11.4 Å². The van der Waals surface area contributed by atoms with E-state index in [2.05, 4.69) is 39.1 Å². The molecule has 1 aromatic heterocycles. The highest BCUT2D eigenvalue weighted by atomic mass is 32.2. The van der Waals surface area contributed by atoms with E-state index in [0.717, 1.165) is 23.1 Å². The van der Waals surface area contributed by atoms with Crippen LogP contribution in [0.3, 0.4) is 0 Å². The minimum Gasteiger partial charge on any atom is -0.348 e. The smallest absolute Gasteiger partial charge is 0.230 e. The van der Waals surface area contributed by atoms with Gasteiger partial charge in [-0.2, -0.15) is 0 Å². The van der Waals surface area contributed by atoms with Crippen molar-refractivity contribution >= 4 is 17.7 Å². The molecule has 28 heavy (non-hydrogen) atoms. The Kier molecular flexibility index (Phi) is 5.76. The van der Waals surface area contributed by atoms with Crippen molar-refractivity contribution in [3.63, 3.8) is 0 Å². The van der Waals surface area contributed by atoms with Gasteiger partial charge < -0.3 is 9.88 Å². The number of aromatic nitrogens is 3. The average molecular weight is 393 g/mol. The third-order valence-electron chi connectivity index (χ3n) is 4.97. The molecule has 0 bridgehead atoms. The number of carbonyl (C=O) groups excluding carboxylic acids is 1. The average Bonchev–Trinajstić information content (AvgIpc) is 3.50. The van der Waals surface area contributed by atoms with Crippen LogP contribution in [-0.4, -0.2) is 26.4 Å². The Balaban J connectivity index is 1.42. The molecule has 4 rings (SSSR count). The highest BCUT2D eigenvalue weighted by Gasteiger charge is 2.33. The highest BCUT2D eigenvalue weighted by molar-refractivity contribution is 7.99. The zero-order chi connectivity index (χ0) is 19.3. The van der Waals surface area contributed by atoms with Gasteiger partial charge in [-0.05, 0) is 31.2 Å². The molecule has 144 valence electrons. The van der Waals surface area contributed by atoms with Gasteiger partial charge in [0.2, 0.25) is 5.91 Å². The molecule has 2 aromatic carbocycles. The number of thioether (sulfide) groups is 1. The van der Waals surface area contributed by atoms with Gasteiger partial charge >= 0.3 is 0 Å². The fourth-order valence-electron chi connectivity index (χ4n) is 3.39. The van der Waals surface area contributed by atoms with E-state index in [0.29, 0.717) is 11.7 Å². The van der Waals surface area contributed by atoms with E-state index in [1.807, 2.05) is 48.5 Å². The van der Waals surface area contributed by atoms with Gasteiger partial charge in [0, 0.05) is 12.1 Å². The lowest BCUT2D eigenvalue weighted by atomic mass is 10.0. The zero-order valence-corrected chi connectivity index (χ0v) is 16.7. The van der Waals surface area contributed by atoms with Gasteiger partial charge in [0.25, 0.3) is 0 Å². The lowest BCUT2D eigenvalue weighted by Gasteiger charge is -2.18. The number of hydrogen-bond acceptors (Lipinski definition) is 4. The first-order valence-corrected chi connectivity index (χ1v) is 10.7. The molecule has 0 aliphatic heterocycles. The molecular formula is C22H24N4OS. The Labute approximate surface area is 169 Å². The van der Waals surface area contributed by atoms with Crippen LogP contribution in [0.25, 0.3) is 11.4 Å². The van der Waals surface area contributed by atoms with Crippen molar-refractivity contribution in [2.75, 3.05) is 5.75 Å². The molecule has 3 aromatic rings. The van der Waals surface area contributed by atoms with Crippen LogP contribution in [0, 0.1) is 5.92 Å². The molecule has 0 spiro atoms. The van der Waals surface area contributed by atoms with Crippen LogP contribution >= 0.6 is 11.8 Å². The number of amides is 1. The van der Waals surface area contributed by atoms with Crippen molar-refractivity contribution < 1.29 is 4.79 Å². The molecule has 1 unspecified atom stereocenters. The summed E-state index contributed by atoms with van der Waals surface area (Å²) in [5, 5.41) is 12.7. The third-order valence-corrected chi connectivity index (χ3v) is 5.93. The second-order valence-corrected chi connectivity index (χ2v) is 7.94. The fraction of sp³-hybridized carbons (Fsp3) is 0.318.